The second kappa shape index (κ2) is 5.93. The Morgan fingerprint density at radius 3 is 3.17 bits per heavy atom. The number of nitrogens with one attached hydrogen (secondary N) is 1. The summed E-state index contributed by atoms with van der Waals surface area (Å²) in [5, 5.41) is 14.8. The molecule has 5 nitrogen and oxygen atoms in total. The average Bonchev–Trinajstić information content (AvgIpc) is 3.27. The number of amides is 1. The lowest BCUT2D eigenvalue weighted by Gasteiger charge is -2.22. The standard InChI is InChI=1S/C17H17N3O2S/c21-5-1-2-12-10-23-16-7-18-14(6-13(12)16)17(22)19-15-9-20-4-3-11(15)8-20/h6-7,10-11,15,21H,3-5,8-9H2,(H,19,22)/t11-,15?/m0/s1. The van der Waals surface area contributed by atoms with Gasteiger partial charge in [0, 0.05) is 41.7 Å². The van der Waals surface area contributed by atoms with Crippen LogP contribution < -0.4 is 5.32 Å². The van der Waals surface area contributed by atoms with E-state index < -0.39 is 0 Å². The van der Waals surface area contributed by atoms with E-state index in [1.165, 1.54) is 6.42 Å². The van der Waals surface area contributed by atoms with Crippen molar-refractivity contribution in [2.24, 2.45) is 5.92 Å². The summed E-state index contributed by atoms with van der Waals surface area (Å²) in [6.45, 7) is 3.03. The molecule has 2 bridgehead atoms. The van der Waals surface area contributed by atoms with E-state index in [2.05, 4.69) is 27.0 Å². The summed E-state index contributed by atoms with van der Waals surface area (Å²) in [6, 6.07) is 2.04. The monoisotopic (exact) mass is 327 g/mol. The number of rotatable bonds is 2. The minimum Gasteiger partial charge on any atom is -0.384 e. The lowest BCUT2D eigenvalue weighted by Crippen LogP contribution is -2.43. The molecule has 1 amide bonds. The van der Waals surface area contributed by atoms with Crippen LogP contribution in [0.5, 0.6) is 0 Å². The highest BCUT2D eigenvalue weighted by atomic mass is 32.1. The largest absolute Gasteiger partial charge is 0.384 e. The van der Waals surface area contributed by atoms with E-state index in [1.807, 2.05) is 5.38 Å². The highest BCUT2D eigenvalue weighted by Gasteiger charge is 2.38. The minimum absolute atomic E-state index is 0.113. The first-order valence-electron chi connectivity index (χ1n) is 7.75. The highest BCUT2D eigenvalue weighted by molar-refractivity contribution is 7.17. The van der Waals surface area contributed by atoms with Crippen molar-refractivity contribution in [2.75, 3.05) is 26.2 Å². The number of carbonyl (C=O) groups is 1. The summed E-state index contributed by atoms with van der Waals surface area (Å²) in [5.74, 6) is 6.04. The van der Waals surface area contributed by atoms with E-state index in [0.29, 0.717) is 11.6 Å². The van der Waals surface area contributed by atoms with Crippen molar-refractivity contribution in [3.8, 4) is 11.8 Å². The zero-order chi connectivity index (χ0) is 15.8. The smallest absolute Gasteiger partial charge is 0.270 e. The molecule has 2 aliphatic heterocycles. The number of hydrogen-bond acceptors (Lipinski definition) is 5. The highest BCUT2D eigenvalue weighted by Crippen LogP contribution is 2.28. The van der Waals surface area contributed by atoms with Gasteiger partial charge in [-0.15, -0.1) is 11.3 Å². The number of thiophene rings is 1. The molecule has 0 aromatic carbocycles. The molecular formula is C17H17N3O2S. The number of aromatic nitrogens is 1. The van der Waals surface area contributed by atoms with Crippen LogP contribution in [0.2, 0.25) is 0 Å². The van der Waals surface area contributed by atoms with Gasteiger partial charge in [0.2, 0.25) is 0 Å². The number of fused-ring (bicyclic) bond motifs is 3. The van der Waals surface area contributed by atoms with Crippen molar-refractivity contribution in [3.63, 3.8) is 0 Å². The molecule has 2 fully saturated rings. The molecule has 3 atom stereocenters. The molecule has 6 heteroatoms. The van der Waals surface area contributed by atoms with Crippen LogP contribution in [-0.4, -0.2) is 53.2 Å². The van der Waals surface area contributed by atoms with Crippen LogP contribution in [-0.2, 0) is 0 Å². The van der Waals surface area contributed by atoms with Crippen molar-refractivity contribution >= 4 is 27.3 Å². The third-order valence-corrected chi connectivity index (χ3v) is 5.58. The maximum Gasteiger partial charge on any atom is 0.270 e. The summed E-state index contributed by atoms with van der Waals surface area (Å²) < 4.78 is 0.995. The topological polar surface area (TPSA) is 65.5 Å². The van der Waals surface area contributed by atoms with Gasteiger partial charge in [-0.25, -0.2) is 4.98 Å². The molecule has 0 radical (unpaired) electrons. The molecule has 2 saturated heterocycles. The van der Waals surface area contributed by atoms with Gasteiger partial charge >= 0.3 is 0 Å². The number of nitrogens with zero attached hydrogens (tertiary/aromatic N) is 2. The van der Waals surface area contributed by atoms with Gasteiger partial charge in [0.15, 0.2) is 0 Å². The Balaban J connectivity index is 1.57. The van der Waals surface area contributed by atoms with E-state index >= 15 is 0 Å². The third-order valence-electron chi connectivity index (χ3n) is 4.65. The second-order valence-electron chi connectivity index (χ2n) is 6.06. The predicted octanol–water partition coefficient (Wildman–Crippen LogP) is 1.07. The normalized spacial score (nSPS) is 25.3. The Labute approximate surface area is 138 Å². The summed E-state index contributed by atoms with van der Waals surface area (Å²) >= 11 is 1.54. The Bertz CT molecular complexity index is 820. The zero-order valence-corrected chi connectivity index (χ0v) is 13.4. The van der Waals surface area contributed by atoms with Gasteiger partial charge in [-0.1, -0.05) is 11.8 Å². The van der Waals surface area contributed by atoms with Crippen molar-refractivity contribution in [2.45, 2.75) is 12.5 Å². The van der Waals surface area contributed by atoms with E-state index in [4.69, 9.17) is 5.11 Å². The van der Waals surface area contributed by atoms with Gasteiger partial charge in [-0.05, 0) is 24.9 Å². The Morgan fingerprint density at radius 2 is 2.43 bits per heavy atom. The summed E-state index contributed by atoms with van der Waals surface area (Å²) in [6.07, 6.45) is 2.90. The van der Waals surface area contributed by atoms with Crippen LogP contribution in [0.4, 0.5) is 0 Å². The van der Waals surface area contributed by atoms with Crippen LogP contribution in [0.1, 0.15) is 22.5 Å². The van der Waals surface area contributed by atoms with Gasteiger partial charge in [-0.2, -0.15) is 0 Å². The van der Waals surface area contributed by atoms with Gasteiger partial charge < -0.3 is 15.3 Å². The van der Waals surface area contributed by atoms with Crippen molar-refractivity contribution in [1.29, 1.82) is 0 Å². The number of aliphatic hydroxyl groups excluding tert-OH is 1. The molecule has 0 aliphatic carbocycles. The molecule has 2 unspecified atom stereocenters. The van der Waals surface area contributed by atoms with Crippen LogP contribution in [0.25, 0.3) is 10.1 Å². The second-order valence-corrected chi connectivity index (χ2v) is 6.97. The van der Waals surface area contributed by atoms with Crippen molar-refractivity contribution in [1.82, 2.24) is 15.2 Å². The van der Waals surface area contributed by atoms with Crippen LogP contribution in [0.3, 0.4) is 0 Å². The average molecular weight is 327 g/mol. The van der Waals surface area contributed by atoms with E-state index in [0.717, 1.165) is 35.3 Å². The number of piperidine rings is 1. The van der Waals surface area contributed by atoms with Gasteiger partial charge in [0.05, 0.1) is 4.70 Å². The molecule has 0 saturated carbocycles. The first-order valence-corrected chi connectivity index (χ1v) is 8.63. The van der Waals surface area contributed by atoms with Crippen LogP contribution in [0.15, 0.2) is 17.6 Å². The Hall–Kier alpha value is -1.94. The molecule has 4 rings (SSSR count). The van der Waals surface area contributed by atoms with Gasteiger partial charge in [0.25, 0.3) is 5.91 Å². The first-order chi connectivity index (χ1) is 11.2. The fraction of sp³-hybridized carbons (Fsp3) is 0.412. The molecule has 118 valence electrons. The first kappa shape index (κ1) is 14.6. The number of aliphatic hydroxyl groups is 1. The summed E-state index contributed by atoms with van der Waals surface area (Å²) in [5.41, 5.74) is 1.27. The van der Waals surface area contributed by atoms with Crippen LogP contribution in [0, 0.1) is 17.8 Å². The SMILES string of the molecule is O=C(NC1CN2CC[C@H]1C2)c1cc2c(C#CCO)csc2cn1. The minimum atomic E-state index is -0.171. The molecule has 2 aromatic heterocycles. The fourth-order valence-electron chi connectivity index (χ4n) is 3.48. The van der Waals surface area contributed by atoms with Gasteiger partial charge in [0.1, 0.15) is 12.3 Å². The van der Waals surface area contributed by atoms with E-state index in [9.17, 15) is 4.79 Å². The fourth-order valence-corrected chi connectivity index (χ4v) is 4.32. The molecular weight excluding hydrogens is 310 g/mol. The summed E-state index contributed by atoms with van der Waals surface area (Å²) in [4.78, 5) is 19.2. The molecule has 4 heterocycles. The Morgan fingerprint density at radius 1 is 1.52 bits per heavy atom. The molecule has 23 heavy (non-hydrogen) atoms. The van der Waals surface area contributed by atoms with Crippen molar-refractivity contribution < 1.29 is 9.90 Å². The maximum absolute atomic E-state index is 12.5. The predicted molar refractivity (Wildman–Crippen MR) is 89.4 cm³/mol. The maximum atomic E-state index is 12.5. The lowest BCUT2D eigenvalue weighted by molar-refractivity contribution is 0.0919. The van der Waals surface area contributed by atoms with E-state index in [1.54, 1.807) is 23.6 Å². The number of pyridine rings is 1. The molecule has 2 aromatic rings. The zero-order valence-electron chi connectivity index (χ0n) is 12.6. The molecule has 2 N–H and O–H groups in total. The quantitative estimate of drug-likeness (QED) is 0.810. The third kappa shape index (κ3) is 2.72. The summed E-state index contributed by atoms with van der Waals surface area (Å²) in [7, 11) is 0. The van der Waals surface area contributed by atoms with Crippen LogP contribution >= 0.6 is 11.3 Å². The Kier molecular flexibility index (Phi) is 3.77. The number of hydrogen-bond donors (Lipinski definition) is 2. The van der Waals surface area contributed by atoms with Gasteiger partial charge in [-0.3, -0.25) is 4.79 Å². The molecule has 2 aliphatic rings. The number of carbonyl (C=O) groups excluding carboxylic acids is 1. The van der Waals surface area contributed by atoms with E-state index in [-0.39, 0.29) is 18.6 Å². The van der Waals surface area contributed by atoms with Crippen molar-refractivity contribution in [3.05, 3.63) is 28.9 Å². The lowest BCUT2D eigenvalue weighted by atomic mass is 10.00. The molecule has 0 spiro atoms.